The number of hydrogen-bond donors (Lipinski definition) is 1. The number of rotatable bonds is 3. The monoisotopic (exact) mass is 220 g/mol. The van der Waals surface area contributed by atoms with Crippen LogP contribution in [0, 0.1) is 0 Å². The molecule has 16 heavy (non-hydrogen) atoms. The van der Waals surface area contributed by atoms with E-state index in [0.29, 0.717) is 0 Å². The fraction of sp³-hybridized carbons (Fsp3) is 0.417. The molecule has 1 N–H and O–H groups in total. The van der Waals surface area contributed by atoms with E-state index >= 15 is 0 Å². The predicted octanol–water partition coefficient (Wildman–Crippen LogP) is 1.78. The lowest BCUT2D eigenvalue weighted by atomic mass is 10.1. The van der Waals surface area contributed by atoms with Crippen molar-refractivity contribution >= 4 is 6.03 Å². The molecule has 2 amide bonds. The minimum absolute atomic E-state index is 0.00956. The van der Waals surface area contributed by atoms with Crippen molar-refractivity contribution < 1.29 is 9.53 Å². The van der Waals surface area contributed by atoms with E-state index in [2.05, 4.69) is 5.32 Å². The molecule has 0 saturated carbocycles. The number of carbonyl (C=O) groups is 1. The lowest BCUT2D eigenvalue weighted by Gasteiger charge is -2.12. The second-order valence-corrected chi connectivity index (χ2v) is 3.82. The molecule has 1 aromatic carbocycles. The topological polar surface area (TPSA) is 41.6 Å². The maximum atomic E-state index is 11.5. The second kappa shape index (κ2) is 4.43. The molecule has 0 radical (unpaired) electrons. The van der Waals surface area contributed by atoms with Crippen molar-refractivity contribution in [2.75, 3.05) is 20.2 Å². The quantitative estimate of drug-likeness (QED) is 0.843. The summed E-state index contributed by atoms with van der Waals surface area (Å²) in [5, 5.41) is 2.95. The normalized spacial score (nSPS) is 19.8. The van der Waals surface area contributed by atoms with Gasteiger partial charge in [-0.3, -0.25) is 0 Å². The number of nitrogens with one attached hydrogen (secondary N) is 1. The van der Waals surface area contributed by atoms with E-state index in [-0.39, 0.29) is 12.1 Å². The minimum atomic E-state index is 0.00956. The Morgan fingerprint density at radius 3 is 3.00 bits per heavy atom. The Bertz CT molecular complexity index is 392. The van der Waals surface area contributed by atoms with Gasteiger partial charge in [0.1, 0.15) is 5.75 Å². The SMILES string of the molecule is CCN1CC(c2cccc(OC)c2)NC1=O. The largest absolute Gasteiger partial charge is 0.497 e. The van der Waals surface area contributed by atoms with Gasteiger partial charge in [-0.1, -0.05) is 12.1 Å². The van der Waals surface area contributed by atoms with Gasteiger partial charge in [0.15, 0.2) is 0 Å². The molecule has 0 bridgehead atoms. The van der Waals surface area contributed by atoms with Crippen molar-refractivity contribution in [2.45, 2.75) is 13.0 Å². The van der Waals surface area contributed by atoms with Crippen molar-refractivity contribution in [2.24, 2.45) is 0 Å². The van der Waals surface area contributed by atoms with Crippen molar-refractivity contribution in [1.29, 1.82) is 0 Å². The van der Waals surface area contributed by atoms with E-state index < -0.39 is 0 Å². The van der Waals surface area contributed by atoms with Crippen LogP contribution in [0.2, 0.25) is 0 Å². The Morgan fingerprint density at radius 2 is 2.38 bits per heavy atom. The molecule has 1 aliphatic rings. The summed E-state index contributed by atoms with van der Waals surface area (Å²) >= 11 is 0. The summed E-state index contributed by atoms with van der Waals surface area (Å²) in [4.78, 5) is 13.3. The van der Waals surface area contributed by atoms with Crippen molar-refractivity contribution in [3.8, 4) is 5.75 Å². The molecule has 1 fully saturated rings. The summed E-state index contributed by atoms with van der Waals surface area (Å²) in [6.07, 6.45) is 0. The molecular weight excluding hydrogens is 204 g/mol. The van der Waals surface area contributed by atoms with Crippen LogP contribution in [0.3, 0.4) is 0 Å². The Morgan fingerprint density at radius 1 is 1.56 bits per heavy atom. The molecule has 1 atom stereocenters. The molecule has 1 heterocycles. The lowest BCUT2D eigenvalue weighted by Crippen LogP contribution is -2.27. The maximum Gasteiger partial charge on any atom is 0.318 e. The first kappa shape index (κ1) is 10.8. The Hall–Kier alpha value is -1.71. The predicted molar refractivity (Wildman–Crippen MR) is 61.5 cm³/mol. The molecule has 1 saturated heterocycles. The number of urea groups is 1. The first-order valence-electron chi connectivity index (χ1n) is 5.44. The fourth-order valence-electron chi connectivity index (χ4n) is 1.91. The third-order valence-corrected chi connectivity index (χ3v) is 2.87. The van der Waals surface area contributed by atoms with Crippen LogP contribution in [0.25, 0.3) is 0 Å². The van der Waals surface area contributed by atoms with E-state index in [1.54, 1.807) is 12.0 Å². The van der Waals surface area contributed by atoms with Gasteiger partial charge >= 0.3 is 6.03 Å². The zero-order chi connectivity index (χ0) is 11.5. The summed E-state index contributed by atoms with van der Waals surface area (Å²) in [6.45, 7) is 3.45. The summed E-state index contributed by atoms with van der Waals surface area (Å²) in [7, 11) is 1.64. The molecule has 1 aromatic rings. The van der Waals surface area contributed by atoms with Crippen LogP contribution in [0.15, 0.2) is 24.3 Å². The number of likely N-dealkylation sites (N-methyl/N-ethyl adjacent to an activating group) is 1. The molecule has 4 nitrogen and oxygen atoms in total. The number of hydrogen-bond acceptors (Lipinski definition) is 2. The number of amides is 2. The minimum Gasteiger partial charge on any atom is -0.497 e. The van der Waals surface area contributed by atoms with Crippen molar-refractivity contribution in [1.82, 2.24) is 10.2 Å². The summed E-state index contributed by atoms with van der Waals surface area (Å²) in [6, 6.07) is 7.89. The van der Waals surface area contributed by atoms with Gasteiger partial charge in [0, 0.05) is 13.1 Å². The smallest absolute Gasteiger partial charge is 0.318 e. The molecule has 1 unspecified atom stereocenters. The van der Waals surface area contributed by atoms with Gasteiger partial charge in [-0.2, -0.15) is 0 Å². The second-order valence-electron chi connectivity index (χ2n) is 3.82. The van der Waals surface area contributed by atoms with Gasteiger partial charge in [-0.25, -0.2) is 4.79 Å². The zero-order valence-electron chi connectivity index (χ0n) is 9.56. The average Bonchev–Trinajstić information content (AvgIpc) is 2.71. The Kier molecular flexibility index (Phi) is 2.99. The average molecular weight is 220 g/mol. The highest BCUT2D eigenvalue weighted by molar-refractivity contribution is 5.77. The molecule has 4 heteroatoms. The van der Waals surface area contributed by atoms with Crippen molar-refractivity contribution in [3.05, 3.63) is 29.8 Å². The molecule has 0 aromatic heterocycles. The van der Waals surface area contributed by atoms with Crippen molar-refractivity contribution in [3.63, 3.8) is 0 Å². The van der Waals surface area contributed by atoms with Crippen LogP contribution in [-0.2, 0) is 0 Å². The molecule has 0 spiro atoms. The molecular formula is C12H16N2O2. The fourth-order valence-corrected chi connectivity index (χ4v) is 1.91. The van der Waals surface area contributed by atoms with E-state index in [1.807, 2.05) is 31.2 Å². The van der Waals surface area contributed by atoms with Crippen LogP contribution < -0.4 is 10.1 Å². The molecule has 2 rings (SSSR count). The lowest BCUT2D eigenvalue weighted by molar-refractivity contribution is 0.219. The van der Waals surface area contributed by atoms with E-state index in [0.717, 1.165) is 24.4 Å². The van der Waals surface area contributed by atoms with Crippen LogP contribution in [0.5, 0.6) is 5.75 Å². The van der Waals surface area contributed by atoms with Gasteiger partial charge in [0.05, 0.1) is 13.2 Å². The van der Waals surface area contributed by atoms with Crippen LogP contribution in [0.1, 0.15) is 18.5 Å². The standard InChI is InChI=1S/C12H16N2O2/c1-3-14-8-11(13-12(14)15)9-5-4-6-10(7-9)16-2/h4-7,11H,3,8H2,1-2H3,(H,13,15). The zero-order valence-corrected chi connectivity index (χ0v) is 9.56. The van der Waals surface area contributed by atoms with Crippen LogP contribution >= 0.6 is 0 Å². The Labute approximate surface area is 95.2 Å². The van der Waals surface area contributed by atoms with E-state index in [4.69, 9.17) is 4.74 Å². The first-order chi connectivity index (χ1) is 7.74. The van der Waals surface area contributed by atoms with Crippen LogP contribution in [-0.4, -0.2) is 31.1 Å². The Balaban J connectivity index is 2.16. The van der Waals surface area contributed by atoms with Gasteiger partial charge in [-0.15, -0.1) is 0 Å². The number of methoxy groups -OCH3 is 1. The highest BCUT2D eigenvalue weighted by atomic mass is 16.5. The van der Waals surface area contributed by atoms with Gasteiger partial charge < -0.3 is 15.0 Å². The molecule has 0 aliphatic carbocycles. The van der Waals surface area contributed by atoms with E-state index in [1.165, 1.54) is 0 Å². The number of ether oxygens (including phenoxy) is 1. The van der Waals surface area contributed by atoms with Gasteiger partial charge in [0.25, 0.3) is 0 Å². The summed E-state index contributed by atoms with van der Waals surface area (Å²) in [5.41, 5.74) is 1.09. The number of nitrogens with zero attached hydrogens (tertiary/aromatic N) is 1. The highest BCUT2D eigenvalue weighted by Crippen LogP contribution is 2.23. The van der Waals surface area contributed by atoms with Crippen LogP contribution in [0.4, 0.5) is 4.79 Å². The highest BCUT2D eigenvalue weighted by Gasteiger charge is 2.28. The summed E-state index contributed by atoms with van der Waals surface area (Å²) < 4.78 is 5.17. The number of carbonyl (C=O) groups excluding carboxylic acids is 1. The number of benzene rings is 1. The molecule has 86 valence electrons. The first-order valence-corrected chi connectivity index (χ1v) is 5.44. The van der Waals surface area contributed by atoms with E-state index in [9.17, 15) is 4.79 Å². The van der Waals surface area contributed by atoms with Gasteiger partial charge in [-0.05, 0) is 24.6 Å². The summed E-state index contributed by atoms with van der Waals surface area (Å²) in [5.74, 6) is 0.821. The molecule has 1 aliphatic heterocycles. The third-order valence-electron chi connectivity index (χ3n) is 2.87. The third kappa shape index (κ3) is 1.96. The maximum absolute atomic E-state index is 11.5. The van der Waals surface area contributed by atoms with Gasteiger partial charge in [0.2, 0.25) is 0 Å².